The van der Waals surface area contributed by atoms with Crippen molar-refractivity contribution in [2.75, 3.05) is 32.7 Å². The lowest BCUT2D eigenvalue weighted by Crippen LogP contribution is -2.52. The van der Waals surface area contributed by atoms with E-state index >= 15 is 0 Å². The molecule has 3 rings (SSSR count). The maximum atomic E-state index is 12.3. The fraction of sp³-hybridized carbons (Fsp3) is 0.643. The highest BCUT2D eigenvalue weighted by molar-refractivity contribution is 7.09. The van der Waals surface area contributed by atoms with Crippen molar-refractivity contribution in [2.45, 2.75) is 25.4 Å². The zero-order valence-electron chi connectivity index (χ0n) is 11.2. The molecule has 0 unspecified atom stereocenters. The molecule has 1 aromatic heterocycles. The van der Waals surface area contributed by atoms with Crippen molar-refractivity contribution in [1.82, 2.24) is 15.1 Å². The maximum Gasteiger partial charge on any atom is 0.239 e. The summed E-state index contributed by atoms with van der Waals surface area (Å²) in [5.41, 5.74) is 0. The molecule has 19 heavy (non-hydrogen) atoms. The molecule has 1 N–H and O–H groups in total. The number of piperazine rings is 1. The Morgan fingerprint density at radius 1 is 1.37 bits per heavy atom. The second-order valence-electron chi connectivity index (χ2n) is 5.33. The molecule has 4 nitrogen and oxygen atoms in total. The Morgan fingerprint density at radius 3 is 2.84 bits per heavy atom. The van der Waals surface area contributed by atoms with Gasteiger partial charge in [0.2, 0.25) is 5.91 Å². The van der Waals surface area contributed by atoms with Crippen molar-refractivity contribution in [3.63, 3.8) is 0 Å². The van der Waals surface area contributed by atoms with E-state index in [2.05, 4.69) is 27.7 Å². The van der Waals surface area contributed by atoms with E-state index in [1.54, 1.807) is 0 Å². The van der Waals surface area contributed by atoms with Crippen molar-refractivity contribution in [2.24, 2.45) is 0 Å². The fourth-order valence-electron chi connectivity index (χ4n) is 2.87. The first-order valence-electron chi connectivity index (χ1n) is 7.10. The molecule has 3 heterocycles. The van der Waals surface area contributed by atoms with Crippen LogP contribution in [0.2, 0.25) is 0 Å². The van der Waals surface area contributed by atoms with Gasteiger partial charge in [0.05, 0.1) is 6.04 Å². The highest BCUT2D eigenvalue weighted by atomic mass is 32.1. The van der Waals surface area contributed by atoms with Gasteiger partial charge in [-0.3, -0.25) is 9.69 Å². The molecule has 2 aliphatic heterocycles. The Balaban J connectivity index is 1.47. The first-order valence-corrected chi connectivity index (χ1v) is 7.98. The van der Waals surface area contributed by atoms with E-state index in [-0.39, 0.29) is 6.04 Å². The molecule has 2 aliphatic rings. The normalized spacial score (nSPS) is 24.8. The second-order valence-corrected chi connectivity index (χ2v) is 6.36. The molecule has 0 saturated carbocycles. The van der Waals surface area contributed by atoms with Gasteiger partial charge in [-0.2, -0.15) is 0 Å². The molecular formula is C14H21N3OS. The Morgan fingerprint density at radius 2 is 2.21 bits per heavy atom. The van der Waals surface area contributed by atoms with E-state index in [0.29, 0.717) is 5.91 Å². The van der Waals surface area contributed by atoms with Crippen LogP contribution in [0.4, 0.5) is 0 Å². The predicted octanol–water partition coefficient (Wildman–Crippen LogP) is 1.14. The minimum Gasteiger partial charge on any atom is -0.339 e. The van der Waals surface area contributed by atoms with Gasteiger partial charge in [-0.15, -0.1) is 11.3 Å². The van der Waals surface area contributed by atoms with Crippen molar-refractivity contribution >= 4 is 17.2 Å². The third-order valence-corrected chi connectivity index (χ3v) is 4.86. The highest BCUT2D eigenvalue weighted by Gasteiger charge is 2.29. The number of nitrogens with one attached hydrogen (secondary N) is 1. The smallest absolute Gasteiger partial charge is 0.239 e. The molecule has 0 bridgehead atoms. The Hall–Kier alpha value is -0.910. The van der Waals surface area contributed by atoms with Crippen LogP contribution in [0, 0.1) is 0 Å². The van der Waals surface area contributed by atoms with Crippen LogP contribution in [0.5, 0.6) is 0 Å². The maximum absolute atomic E-state index is 12.3. The summed E-state index contributed by atoms with van der Waals surface area (Å²) in [7, 11) is 0. The summed E-state index contributed by atoms with van der Waals surface area (Å²) in [6.07, 6.45) is 2.14. The number of nitrogens with zero attached hydrogens (tertiary/aromatic N) is 2. The van der Waals surface area contributed by atoms with Gasteiger partial charge in [-0.05, 0) is 30.8 Å². The molecule has 104 valence electrons. The molecule has 0 aliphatic carbocycles. The minimum atomic E-state index is 0.0869. The van der Waals surface area contributed by atoms with Gasteiger partial charge in [0.15, 0.2) is 0 Å². The topological polar surface area (TPSA) is 35.6 Å². The largest absolute Gasteiger partial charge is 0.339 e. The zero-order valence-corrected chi connectivity index (χ0v) is 12.0. The molecule has 0 aromatic carbocycles. The molecule has 5 heteroatoms. The van der Waals surface area contributed by atoms with E-state index in [1.807, 2.05) is 16.2 Å². The zero-order chi connectivity index (χ0) is 13.1. The third-order valence-electron chi connectivity index (χ3n) is 4.00. The standard InChI is InChI=1S/C14H21N3OS/c18-14(13-4-1-5-15-13)17-8-6-16(7-9-17)11-12-3-2-10-19-12/h2-3,10,13,15H,1,4-9,11H2/t13-/m0/s1. The second kappa shape index (κ2) is 6.03. The van der Waals surface area contributed by atoms with Crippen LogP contribution in [0.3, 0.4) is 0 Å². The number of thiophene rings is 1. The quantitative estimate of drug-likeness (QED) is 0.901. The monoisotopic (exact) mass is 279 g/mol. The Labute approximate surface area is 118 Å². The number of amides is 1. The molecule has 2 fully saturated rings. The van der Waals surface area contributed by atoms with Gasteiger partial charge in [-0.1, -0.05) is 6.07 Å². The summed E-state index contributed by atoms with van der Waals surface area (Å²) in [6.45, 7) is 5.77. The van der Waals surface area contributed by atoms with Gasteiger partial charge in [0.25, 0.3) is 0 Å². The van der Waals surface area contributed by atoms with E-state index in [4.69, 9.17) is 0 Å². The average molecular weight is 279 g/mol. The average Bonchev–Trinajstić information content (AvgIpc) is 3.12. The summed E-state index contributed by atoms with van der Waals surface area (Å²) >= 11 is 1.81. The first-order chi connectivity index (χ1) is 9.33. The number of rotatable bonds is 3. The van der Waals surface area contributed by atoms with Crippen LogP contribution >= 0.6 is 11.3 Å². The lowest BCUT2D eigenvalue weighted by Gasteiger charge is -2.35. The number of carbonyl (C=O) groups is 1. The van der Waals surface area contributed by atoms with Gasteiger partial charge >= 0.3 is 0 Å². The molecule has 0 radical (unpaired) electrons. The van der Waals surface area contributed by atoms with Gasteiger partial charge in [0, 0.05) is 37.6 Å². The molecule has 1 amide bonds. The van der Waals surface area contributed by atoms with Crippen molar-refractivity contribution in [3.05, 3.63) is 22.4 Å². The van der Waals surface area contributed by atoms with Crippen molar-refractivity contribution in [3.8, 4) is 0 Å². The summed E-state index contributed by atoms with van der Waals surface area (Å²) in [5.74, 6) is 0.313. The minimum absolute atomic E-state index is 0.0869. The van der Waals surface area contributed by atoms with Gasteiger partial charge in [-0.25, -0.2) is 0 Å². The van der Waals surface area contributed by atoms with Crippen molar-refractivity contribution < 1.29 is 4.79 Å². The van der Waals surface area contributed by atoms with E-state index < -0.39 is 0 Å². The summed E-state index contributed by atoms with van der Waals surface area (Å²) in [5, 5.41) is 5.42. The fourth-order valence-corrected chi connectivity index (χ4v) is 3.61. The summed E-state index contributed by atoms with van der Waals surface area (Å²) < 4.78 is 0. The van der Waals surface area contributed by atoms with Crippen LogP contribution < -0.4 is 5.32 Å². The summed E-state index contributed by atoms with van der Waals surface area (Å²) in [4.78, 5) is 18.2. The number of hydrogen-bond acceptors (Lipinski definition) is 4. The number of hydrogen-bond donors (Lipinski definition) is 1. The highest BCUT2D eigenvalue weighted by Crippen LogP contribution is 2.15. The van der Waals surface area contributed by atoms with Gasteiger partial charge < -0.3 is 10.2 Å². The number of carbonyl (C=O) groups excluding carboxylic acids is 1. The Bertz CT molecular complexity index is 406. The van der Waals surface area contributed by atoms with Gasteiger partial charge in [0.1, 0.15) is 0 Å². The Kier molecular flexibility index (Phi) is 4.15. The van der Waals surface area contributed by atoms with E-state index in [9.17, 15) is 4.79 Å². The van der Waals surface area contributed by atoms with Crippen LogP contribution in [0.25, 0.3) is 0 Å². The molecular weight excluding hydrogens is 258 g/mol. The SMILES string of the molecule is O=C([C@@H]1CCCN1)N1CCN(Cc2cccs2)CC1. The molecule has 2 saturated heterocycles. The summed E-state index contributed by atoms with van der Waals surface area (Å²) in [6, 6.07) is 4.37. The van der Waals surface area contributed by atoms with Crippen LogP contribution in [-0.2, 0) is 11.3 Å². The van der Waals surface area contributed by atoms with Crippen molar-refractivity contribution in [1.29, 1.82) is 0 Å². The molecule has 0 spiro atoms. The first kappa shape index (κ1) is 13.1. The lowest BCUT2D eigenvalue weighted by molar-refractivity contribution is -0.134. The predicted molar refractivity (Wildman–Crippen MR) is 77.2 cm³/mol. The van der Waals surface area contributed by atoms with Crippen LogP contribution in [-0.4, -0.2) is 54.5 Å². The van der Waals surface area contributed by atoms with Crippen LogP contribution in [0.1, 0.15) is 17.7 Å². The lowest BCUT2D eigenvalue weighted by atomic mass is 10.2. The van der Waals surface area contributed by atoms with E-state index in [0.717, 1.165) is 52.1 Å². The van der Waals surface area contributed by atoms with E-state index in [1.165, 1.54) is 4.88 Å². The molecule has 1 atom stereocenters. The van der Waals surface area contributed by atoms with Crippen LogP contribution in [0.15, 0.2) is 17.5 Å². The third kappa shape index (κ3) is 3.16. The molecule has 1 aromatic rings.